The van der Waals surface area contributed by atoms with Gasteiger partial charge in [-0.15, -0.1) is 0 Å². The van der Waals surface area contributed by atoms with Crippen LogP contribution in [0.2, 0.25) is 0 Å². The lowest BCUT2D eigenvalue weighted by Gasteiger charge is -2.17. The Bertz CT molecular complexity index is 146. The highest BCUT2D eigenvalue weighted by atomic mass is 31.2. The second kappa shape index (κ2) is 7.25. The Morgan fingerprint density at radius 3 is 2.00 bits per heavy atom. The van der Waals surface area contributed by atoms with E-state index in [9.17, 15) is 4.79 Å². The van der Waals surface area contributed by atoms with E-state index in [1.807, 2.05) is 13.8 Å². The van der Waals surface area contributed by atoms with Crippen LogP contribution in [0, 0.1) is 0 Å². The van der Waals surface area contributed by atoms with Gasteiger partial charge >= 0.3 is 0 Å². The molecule has 1 amide bonds. The molecule has 0 aromatic heterocycles. The molecule has 0 radical (unpaired) electrons. The van der Waals surface area contributed by atoms with E-state index in [0.717, 1.165) is 0 Å². The molecule has 0 bridgehead atoms. The molecule has 0 heterocycles. The predicted molar refractivity (Wildman–Crippen MR) is 53.7 cm³/mol. The summed E-state index contributed by atoms with van der Waals surface area (Å²) in [5.74, 6) is 0.0491. The minimum atomic E-state index is -1.02. The number of hydrogen-bond donors (Lipinski definition) is 0. The quantitative estimate of drug-likeness (QED) is 0.619. The van der Waals surface area contributed by atoms with Gasteiger partial charge in [-0.25, -0.2) is 0 Å². The minimum absolute atomic E-state index is 0.0491. The lowest BCUT2D eigenvalue weighted by atomic mass is 10.6. The molecule has 0 atom stereocenters. The van der Waals surface area contributed by atoms with Crippen LogP contribution in [0.3, 0.4) is 0 Å². The maximum atomic E-state index is 11.3. The Balaban J connectivity index is 3.86. The summed E-state index contributed by atoms with van der Waals surface area (Å²) in [6, 6.07) is 0. The molecule has 0 aromatic rings. The summed E-state index contributed by atoms with van der Waals surface area (Å²) >= 11 is 0. The van der Waals surface area contributed by atoms with Crippen molar-refractivity contribution >= 4 is 14.3 Å². The van der Waals surface area contributed by atoms with Gasteiger partial charge in [0, 0.05) is 14.1 Å². The van der Waals surface area contributed by atoms with Crippen LogP contribution in [0.1, 0.15) is 13.8 Å². The van der Waals surface area contributed by atoms with Crippen molar-refractivity contribution in [1.82, 2.24) is 4.90 Å². The fraction of sp³-hybridized carbons (Fsp3) is 0.875. The van der Waals surface area contributed by atoms with Crippen LogP contribution in [0.15, 0.2) is 0 Å². The van der Waals surface area contributed by atoms with Crippen molar-refractivity contribution in [1.29, 1.82) is 0 Å². The van der Waals surface area contributed by atoms with Crippen LogP contribution in [-0.4, -0.2) is 44.3 Å². The van der Waals surface area contributed by atoms with E-state index in [-0.39, 0.29) is 5.91 Å². The summed E-state index contributed by atoms with van der Waals surface area (Å²) in [5, 5.41) is 0. The molecule has 0 aliphatic carbocycles. The molecule has 78 valence electrons. The molecule has 0 aromatic carbocycles. The summed E-state index contributed by atoms with van der Waals surface area (Å²) < 4.78 is 10.6. The van der Waals surface area contributed by atoms with E-state index >= 15 is 0 Å². The molecule has 13 heavy (non-hydrogen) atoms. The first-order valence-corrected chi connectivity index (χ1v) is 5.71. The molecule has 0 aliphatic heterocycles. The normalized spacial score (nSPS) is 10.5. The molecule has 0 unspecified atom stereocenters. The van der Waals surface area contributed by atoms with Gasteiger partial charge in [0.2, 0.25) is 5.91 Å². The Morgan fingerprint density at radius 2 is 1.69 bits per heavy atom. The number of rotatable bonds is 6. The van der Waals surface area contributed by atoms with Crippen molar-refractivity contribution in [3.63, 3.8) is 0 Å². The van der Waals surface area contributed by atoms with E-state index in [4.69, 9.17) is 9.05 Å². The number of amides is 1. The summed E-state index contributed by atoms with van der Waals surface area (Å²) in [5.41, 5.74) is 0. The zero-order chi connectivity index (χ0) is 10.3. The SMILES string of the molecule is CCOP(CC(=O)N(C)C)OCC. The third-order valence-corrected chi connectivity index (χ3v) is 2.93. The second-order valence-electron chi connectivity index (χ2n) is 2.61. The molecule has 0 rings (SSSR count). The molecule has 0 N–H and O–H groups in total. The van der Waals surface area contributed by atoms with Gasteiger partial charge < -0.3 is 13.9 Å². The molecule has 0 saturated carbocycles. The Kier molecular flexibility index (Phi) is 7.14. The number of nitrogens with zero attached hydrogens (tertiary/aromatic N) is 1. The summed E-state index contributed by atoms with van der Waals surface area (Å²) in [6.07, 6.45) is 0.351. The van der Waals surface area contributed by atoms with E-state index < -0.39 is 8.38 Å². The van der Waals surface area contributed by atoms with Crippen LogP contribution < -0.4 is 0 Å². The average molecular weight is 207 g/mol. The molecule has 0 saturated heterocycles. The third-order valence-electron chi connectivity index (χ3n) is 1.31. The molecule has 0 aliphatic rings. The van der Waals surface area contributed by atoms with Crippen LogP contribution in [0.5, 0.6) is 0 Å². The fourth-order valence-corrected chi connectivity index (χ4v) is 2.01. The first kappa shape index (κ1) is 12.8. The second-order valence-corrected chi connectivity index (χ2v) is 4.11. The standard InChI is InChI=1S/C8H18NO3P/c1-5-11-13(12-6-2)7-8(10)9(3)4/h5-7H2,1-4H3. The van der Waals surface area contributed by atoms with Gasteiger partial charge in [0.15, 0.2) is 8.38 Å². The van der Waals surface area contributed by atoms with Crippen molar-refractivity contribution in [3.8, 4) is 0 Å². The smallest absolute Gasteiger partial charge is 0.231 e. The molecular weight excluding hydrogens is 189 g/mol. The summed E-state index contributed by atoms with van der Waals surface area (Å²) in [6.45, 7) is 4.97. The van der Waals surface area contributed by atoms with Crippen LogP contribution in [-0.2, 0) is 13.8 Å². The minimum Gasteiger partial charge on any atom is -0.348 e. The maximum absolute atomic E-state index is 11.3. The van der Waals surface area contributed by atoms with Gasteiger partial charge in [0.1, 0.15) is 0 Å². The van der Waals surface area contributed by atoms with Gasteiger partial charge in [-0.3, -0.25) is 4.79 Å². The van der Waals surface area contributed by atoms with Crippen molar-refractivity contribution in [3.05, 3.63) is 0 Å². The van der Waals surface area contributed by atoms with E-state index in [1.54, 1.807) is 19.0 Å². The maximum Gasteiger partial charge on any atom is 0.231 e. The summed E-state index contributed by atoms with van der Waals surface area (Å²) in [7, 11) is 2.44. The summed E-state index contributed by atoms with van der Waals surface area (Å²) in [4.78, 5) is 12.8. The largest absolute Gasteiger partial charge is 0.348 e. The fourth-order valence-electron chi connectivity index (χ4n) is 0.668. The predicted octanol–water partition coefficient (Wildman–Crippen LogP) is 1.46. The monoisotopic (exact) mass is 207 g/mol. The lowest BCUT2D eigenvalue weighted by Crippen LogP contribution is -2.24. The first-order chi connectivity index (χ1) is 6.11. The van der Waals surface area contributed by atoms with E-state index in [2.05, 4.69) is 0 Å². The highest BCUT2D eigenvalue weighted by Crippen LogP contribution is 2.37. The van der Waals surface area contributed by atoms with Gasteiger partial charge in [0.25, 0.3) is 0 Å². The highest BCUT2D eigenvalue weighted by Gasteiger charge is 2.15. The van der Waals surface area contributed by atoms with E-state index in [1.165, 1.54) is 0 Å². The molecule has 0 spiro atoms. The molecule has 4 nitrogen and oxygen atoms in total. The lowest BCUT2D eigenvalue weighted by molar-refractivity contribution is -0.126. The number of hydrogen-bond acceptors (Lipinski definition) is 3. The third kappa shape index (κ3) is 5.97. The van der Waals surface area contributed by atoms with Gasteiger partial charge in [-0.1, -0.05) is 0 Å². The van der Waals surface area contributed by atoms with Crippen LogP contribution in [0.25, 0.3) is 0 Å². The Hall–Kier alpha value is -0.180. The topological polar surface area (TPSA) is 38.8 Å². The number of carbonyl (C=O) groups excluding carboxylic acids is 1. The van der Waals surface area contributed by atoms with Crippen molar-refractivity contribution in [2.75, 3.05) is 33.5 Å². The highest BCUT2D eigenvalue weighted by molar-refractivity contribution is 7.48. The van der Waals surface area contributed by atoms with E-state index in [0.29, 0.717) is 19.4 Å². The zero-order valence-electron chi connectivity index (χ0n) is 8.74. The van der Waals surface area contributed by atoms with Crippen LogP contribution >= 0.6 is 8.38 Å². The molecular formula is C8H18NO3P. The van der Waals surface area contributed by atoms with Crippen molar-refractivity contribution in [2.45, 2.75) is 13.8 Å². The van der Waals surface area contributed by atoms with Gasteiger partial charge in [-0.2, -0.15) is 0 Å². The number of carbonyl (C=O) groups is 1. The van der Waals surface area contributed by atoms with Crippen LogP contribution in [0.4, 0.5) is 0 Å². The van der Waals surface area contributed by atoms with Gasteiger partial charge in [0.05, 0.1) is 19.4 Å². The Morgan fingerprint density at radius 1 is 1.23 bits per heavy atom. The Labute approximate surface area is 81.1 Å². The average Bonchev–Trinajstić information content (AvgIpc) is 2.05. The molecule has 0 fully saturated rings. The van der Waals surface area contributed by atoms with Crippen molar-refractivity contribution < 1.29 is 13.8 Å². The molecule has 5 heteroatoms. The van der Waals surface area contributed by atoms with Gasteiger partial charge in [-0.05, 0) is 13.8 Å². The first-order valence-electron chi connectivity index (χ1n) is 4.35. The zero-order valence-corrected chi connectivity index (χ0v) is 9.63. The van der Waals surface area contributed by atoms with Crippen molar-refractivity contribution in [2.24, 2.45) is 0 Å².